The third-order valence-corrected chi connectivity index (χ3v) is 8.68. The first kappa shape index (κ1) is 30.7. The Kier molecular flexibility index (Phi) is 7.97. The van der Waals surface area contributed by atoms with Gasteiger partial charge in [-0.3, -0.25) is 19.3 Å². The number of ketones is 2. The normalized spacial score (nSPS) is 24.5. The van der Waals surface area contributed by atoms with Crippen LogP contribution >= 0.6 is 0 Å². The second-order valence-electron chi connectivity index (χ2n) is 11.5. The third kappa shape index (κ3) is 4.78. The van der Waals surface area contributed by atoms with Crippen LogP contribution in [0, 0.1) is 11.8 Å². The molecule has 3 aliphatic carbocycles. The monoisotopic (exact) mass is 606 g/mol. The number of hydrogen-bond donors (Lipinski definition) is 8. The van der Waals surface area contributed by atoms with Gasteiger partial charge in [-0.25, -0.2) is 4.79 Å². The number of urea groups is 1. The van der Waals surface area contributed by atoms with Gasteiger partial charge in [-0.2, -0.15) is 0 Å². The zero-order valence-electron chi connectivity index (χ0n) is 24.1. The summed E-state index contributed by atoms with van der Waals surface area (Å²) in [5.74, 6) is -7.08. The standard InChI is InChI=1S/C31H34N4O9/c1-35(2)24-19-13-15-12-18-17(14-4-6-16(7-5-14)34-30(43)33-10-3-11-36)8-9-20(37)22(18)25(38)21(15)27(40)31(19,44)28(41)23(26(24)39)29(32)42/h4-9,15,19,24,36-38,41,44H,3,10-13H2,1-2H3,(H2,32,42)(H2,33,34,43)/t15-,19-,24?,31+/m0/s1. The molecule has 13 heteroatoms. The van der Waals surface area contributed by atoms with Gasteiger partial charge in [0.25, 0.3) is 5.91 Å². The van der Waals surface area contributed by atoms with Crippen LogP contribution in [0.15, 0.2) is 53.3 Å². The van der Waals surface area contributed by atoms with E-state index >= 15 is 0 Å². The predicted molar refractivity (Wildman–Crippen MR) is 158 cm³/mol. The summed E-state index contributed by atoms with van der Waals surface area (Å²) in [5.41, 5.74) is 3.92. The van der Waals surface area contributed by atoms with E-state index in [-0.39, 0.29) is 36.3 Å². The van der Waals surface area contributed by atoms with Crippen molar-refractivity contribution in [2.45, 2.75) is 30.9 Å². The number of aromatic hydroxyl groups is 1. The minimum Gasteiger partial charge on any atom is -0.508 e. The summed E-state index contributed by atoms with van der Waals surface area (Å²) in [5, 5.41) is 59.2. The maximum Gasteiger partial charge on any atom is 0.319 e. The minimum absolute atomic E-state index is 0.00995. The molecule has 3 aliphatic rings. The molecule has 0 heterocycles. The number of Topliss-reactive ketones (excluding diaryl/α,β-unsaturated/α-hetero) is 2. The topological polar surface area (TPSA) is 223 Å². The van der Waals surface area contributed by atoms with Crippen molar-refractivity contribution in [1.82, 2.24) is 10.2 Å². The average molecular weight is 607 g/mol. The molecule has 0 bridgehead atoms. The van der Waals surface area contributed by atoms with Crippen LogP contribution in [0.5, 0.6) is 5.75 Å². The van der Waals surface area contributed by atoms with Crippen molar-refractivity contribution in [3.63, 3.8) is 0 Å². The molecule has 0 spiro atoms. The highest BCUT2D eigenvalue weighted by Crippen LogP contribution is 2.53. The van der Waals surface area contributed by atoms with Gasteiger partial charge in [-0.15, -0.1) is 0 Å². The highest BCUT2D eigenvalue weighted by molar-refractivity contribution is 6.24. The van der Waals surface area contributed by atoms with E-state index < -0.39 is 64.1 Å². The van der Waals surface area contributed by atoms with Crippen LogP contribution in [-0.4, -0.2) is 92.8 Å². The summed E-state index contributed by atoms with van der Waals surface area (Å²) in [6.45, 7) is 0.269. The molecular weight excluding hydrogens is 572 g/mol. The van der Waals surface area contributed by atoms with E-state index in [1.54, 1.807) is 44.4 Å². The van der Waals surface area contributed by atoms with E-state index in [4.69, 9.17) is 10.8 Å². The lowest BCUT2D eigenvalue weighted by Gasteiger charge is -2.50. The fourth-order valence-electron chi connectivity index (χ4n) is 6.70. The molecule has 44 heavy (non-hydrogen) atoms. The highest BCUT2D eigenvalue weighted by Gasteiger charge is 2.64. The van der Waals surface area contributed by atoms with Crippen LogP contribution in [0.4, 0.5) is 10.5 Å². The number of nitrogens with two attached hydrogens (primary N) is 1. The average Bonchev–Trinajstić information content (AvgIpc) is 2.95. The zero-order chi connectivity index (χ0) is 32.1. The molecule has 9 N–H and O–H groups in total. The first-order valence-corrected chi connectivity index (χ1v) is 14.1. The third-order valence-electron chi connectivity index (χ3n) is 8.68. The highest BCUT2D eigenvalue weighted by atomic mass is 16.3. The first-order chi connectivity index (χ1) is 20.8. The van der Waals surface area contributed by atoms with Gasteiger partial charge in [-0.05, 0) is 74.2 Å². The van der Waals surface area contributed by atoms with Crippen LogP contribution in [0.3, 0.4) is 0 Å². The van der Waals surface area contributed by atoms with E-state index in [1.165, 1.54) is 11.0 Å². The quantitative estimate of drug-likeness (QED) is 0.166. The van der Waals surface area contributed by atoms with Gasteiger partial charge in [0.05, 0.1) is 11.6 Å². The Balaban J connectivity index is 1.56. The number of aliphatic hydroxyl groups excluding tert-OH is 3. The zero-order valence-corrected chi connectivity index (χ0v) is 24.1. The predicted octanol–water partition coefficient (Wildman–Crippen LogP) is 1.13. The van der Waals surface area contributed by atoms with Gasteiger partial charge in [0, 0.05) is 30.3 Å². The van der Waals surface area contributed by atoms with Crippen LogP contribution in [0.1, 0.15) is 24.0 Å². The fraction of sp³-hybridized carbons (Fsp3) is 0.355. The molecule has 0 radical (unpaired) electrons. The van der Waals surface area contributed by atoms with Crippen molar-refractivity contribution in [2.75, 3.05) is 32.6 Å². The number of nitrogens with zero attached hydrogens (tertiary/aromatic N) is 1. The van der Waals surface area contributed by atoms with Gasteiger partial charge >= 0.3 is 6.03 Å². The second kappa shape index (κ2) is 11.4. The maximum atomic E-state index is 14.0. The number of primary amides is 1. The van der Waals surface area contributed by atoms with Crippen molar-refractivity contribution in [3.05, 3.63) is 64.4 Å². The number of hydrogen-bond acceptors (Lipinski definition) is 10. The molecule has 1 saturated carbocycles. The van der Waals surface area contributed by atoms with Gasteiger partial charge in [-0.1, -0.05) is 18.2 Å². The van der Waals surface area contributed by atoms with Crippen LogP contribution < -0.4 is 16.4 Å². The van der Waals surface area contributed by atoms with Crippen molar-refractivity contribution in [3.8, 4) is 16.9 Å². The lowest BCUT2D eigenvalue weighted by atomic mass is 9.57. The number of carbonyl (C=O) groups is 4. The molecular formula is C31H34N4O9. The van der Waals surface area contributed by atoms with Gasteiger partial charge < -0.3 is 41.9 Å². The Morgan fingerprint density at radius 1 is 1.07 bits per heavy atom. The number of phenolic OH excluding ortho intramolecular Hbond substituents is 1. The number of rotatable bonds is 7. The van der Waals surface area contributed by atoms with Gasteiger partial charge in [0.1, 0.15) is 22.8 Å². The smallest absolute Gasteiger partial charge is 0.319 e. The second-order valence-corrected chi connectivity index (χ2v) is 11.5. The Morgan fingerprint density at radius 2 is 1.75 bits per heavy atom. The summed E-state index contributed by atoms with van der Waals surface area (Å²) < 4.78 is 0. The van der Waals surface area contributed by atoms with E-state index in [1.807, 2.05) is 0 Å². The number of amides is 3. The minimum atomic E-state index is -2.70. The molecule has 0 saturated heterocycles. The summed E-state index contributed by atoms with van der Waals surface area (Å²) in [6, 6.07) is 8.26. The lowest BCUT2D eigenvalue weighted by molar-refractivity contribution is -0.153. The molecule has 13 nitrogen and oxygen atoms in total. The van der Waals surface area contributed by atoms with Crippen molar-refractivity contribution >= 4 is 35.0 Å². The maximum absolute atomic E-state index is 14.0. The molecule has 0 aromatic heterocycles. The molecule has 0 aliphatic heterocycles. The Labute approximate surface area is 252 Å². The molecule has 2 aromatic rings. The number of nitrogens with one attached hydrogen (secondary N) is 2. The molecule has 2 aromatic carbocycles. The summed E-state index contributed by atoms with van der Waals surface area (Å²) >= 11 is 0. The van der Waals surface area contributed by atoms with E-state index in [9.17, 15) is 39.6 Å². The Bertz CT molecular complexity index is 1630. The van der Waals surface area contributed by atoms with Crippen LogP contribution in [0.2, 0.25) is 0 Å². The van der Waals surface area contributed by atoms with E-state index in [0.29, 0.717) is 35.3 Å². The largest absolute Gasteiger partial charge is 0.508 e. The Hall–Kier alpha value is -4.72. The molecule has 232 valence electrons. The first-order valence-electron chi connectivity index (χ1n) is 14.1. The van der Waals surface area contributed by atoms with Crippen LogP contribution in [-0.2, 0) is 20.8 Å². The lowest BCUT2D eigenvalue weighted by Crippen LogP contribution is -2.65. The SMILES string of the molecule is CN(C)C1C(=O)C(C(N)=O)=C(O)[C@]2(O)C(=O)C3=C(O)c4c(O)ccc(-c5ccc(NC(=O)NCCCO)cc5)c4C[C@H]3C[C@@H]12. The van der Waals surface area contributed by atoms with Crippen LogP contribution in [0.25, 0.3) is 16.9 Å². The number of likely N-dealkylation sites (N-methyl/N-ethyl adjacent to an activating group) is 1. The number of benzene rings is 2. The molecule has 1 fully saturated rings. The number of aliphatic hydroxyl groups is 4. The van der Waals surface area contributed by atoms with Crippen molar-refractivity contribution in [2.24, 2.45) is 17.6 Å². The molecule has 3 amide bonds. The van der Waals surface area contributed by atoms with Gasteiger partial charge in [0.15, 0.2) is 11.4 Å². The number of fused-ring (bicyclic) bond motifs is 3. The van der Waals surface area contributed by atoms with Crippen molar-refractivity contribution in [1.29, 1.82) is 0 Å². The van der Waals surface area contributed by atoms with E-state index in [0.717, 1.165) is 0 Å². The van der Waals surface area contributed by atoms with E-state index in [2.05, 4.69) is 10.6 Å². The number of carbonyl (C=O) groups excluding carboxylic acids is 4. The number of anilines is 1. The van der Waals surface area contributed by atoms with Gasteiger partial charge in [0.2, 0.25) is 5.78 Å². The summed E-state index contributed by atoms with van der Waals surface area (Å²) in [7, 11) is 3.09. The number of phenols is 1. The molecule has 4 atom stereocenters. The molecule has 1 unspecified atom stereocenters. The fourth-order valence-corrected chi connectivity index (χ4v) is 6.70. The summed E-state index contributed by atoms with van der Waals surface area (Å²) in [6.07, 6.45) is 0.549. The summed E-state index contributed by atoms with van der Waals surface area (Å²) in [4.78, 5) is 52.9. The Morgan fingerprint density at radius 3 is 2.36 bits per heavy atom. The van der Waals surface area contributed by atoms with Crippen molar-refractivity contribution < 1.29 is 44.7 Å². The molecule has 5 rings (SSSR count).